The molecule has 0 saturated heterocycles. The van der Waals surface area contributed by atoms with Gasteiger partial charge in [-0.25, -0.2) is 0 Å². The fourth-order valence-electron chi connectivity index (χ4n) is 2.81. The smallest absolute Gasteiger partial charge is 0.119 e. The summed E-state index contributed by atoms with van der Waals surface area (Å²) in [5.74, 6) is 1.09. The third kappa shape index (κ3) is 6.34. The Labute approximate surface area is 134 Å². The number of hydrogen-bond acceptors (Lipinski definition) is 4. The highest BCUT2D eigenvalue weighted by Gasteiger charge is 2.28. The van der Waals surface area contributed by atoms with E-state index in [-0.39, 0.29) is 6.61 Å². The number of benzene rings is 1. The van der Waals surface area contributed by atoms with Crippen molar-refractivity contribution in [1.82, 2.24) is 0 Å². The van der Waals surface area contributed by atoms with E-state index < -0.39 is 11.7 Å². The van der Waals surface area contributed by atoms with Crippen LogP contribution in [0.3, 0.4) is 0 Å². The number of ether oxygens (including phenoxy) is 1. The molecule has 1 rings (SSSR count). The number of aliphatic hydroxyl groups is 2. The molecule has 4 N–H and O–H groups in total. The molecular weight excluding hydrogens is 278 g/mol. The van der Waals surface area contributed by atoms with Gasteiger partial charge in [-0.05, 0) is 49.4 Å². The SMILES string of the molecule is CCCC(O)(COc1cccc(C(O)CCN)c1)CC(C)C. The van der Waals surface area contributed by atoms with Gasteiger partial charge in [0.05, 0.1) is 11.7 Å². The minimum Gasteiger partial charge on any atom is -0.491 e. The van der Waals surface area contributed by atoms with Crippen LogP contribution in [0.2, 0.25) is 0 Å². The van der Waals surface area contributed by atoms with Crippen molar-refractivity contribution in [3.05, 3.63) is 29.8 Å². The standard InChI is InChI=1S/C18H31NO3/c1-4-9-18(21,12-14(2)3)13-22-16-7-5-6-15(11-16)17(20)8-10-19/h5-7,11,14,17,20-21H,4,8-10,12-13,19H2,1-3H3. The Kier molecular flexibility index (Phi) is 7.87. The van der Waals surface area contributed by atoms with Gasteiger partial charge in [0.1, 0.15) is 12.4 Å². The van der Waals surface area contributed by atoms with Crippen molar-refractivity contribution in [3.8, 4) is 5.75 Å². The van der Waals surface area contributed by atoms with Crippen LogP contribution in [0, 0.1) is 5.92 Å². The molecule has 0 bridgehead atoms. The Balaban J connectivity index is 2.71. The quantitative estimate of drug-likeness (QED) is 0.621. The summed E-state index contributed by atoms with van der Waals surface area (Å²) in [6.07, 6.45) is 2.31. The Morgan fingerprint density at radius 1 is 1.32 bits per heavy atom. The zero-order valence-electron chi connectivity index (χ0n) is 14.1. The topological polar surface area (TPSA) is 75.7 Å². The third-order valence-electron chi connectivity index (χ3n) is 3.69. The summed E-state index contributed by atoms with van der Waals surface area (Å²) in [5, 5.41) is 20.7. The molecule has 0 aliphatic heterocycles. The molecule has 2 atom stereocenters. The second-order valence-electron chi connectivity index (χ2n) is 6.53. The second-order valence-corrected chi connectivity index (χ2v) is 6.53. The summed E-state index contributed by atoms with van der Waals surface area (Å²) in [6.45, 7) is 6.98. The van der Waals surface area contributed by atoms with Crippen molar-refractivity contribution in [2.24, 2.45) is 11.7 Å². The number of nitrogens with two attached hydrogens (primary N) is 1. The minimum atomic E-state index is -0.797. The first-order chi connectivity index (χ1) is 10.4. The third-order valence-corrected chi connectivity index (χ3v) is 3.69. The Morgan fingerprint density at radius 3 is 2.64 bits per heavy atom. The van der Waals surface area contributed by atoms with Crippen molar-refractivity contribution >= 4 is 0 Å². The first kappa shape index (κ1) is 18.9. The van der Waals surface area contributed by atoms with Crippen molar-refractivity contribution in [1.29, 1.82) is 0 Å². The van der Waals surface area contributed by atoms with E-state index in [4.69, 9.17) is 10.5 Å². The van der Waals surface area contributed by atoms with Crippen LogP contribution < -0.4 is 10.5 Å². The van der Waals surface area contributed by atoms with Gasteiger partial charge in [0, 0.05) is 0 Å². The average molecular weight is 309 g/mol. The van der Waals surface area contributed by atoms with Crippen LogP contribution in [0.5, 0.6) is 5.75 Å². The predicted molar refractivity (Wildman–Crippen MR) is 89.9 cm³/mol. The summed E-state index contributed by atoms with van der Waals surface area (Å²) < 4.78 is 5.80. The first-order valence-corrected chi connectivity index (χ1v) is 8.23. The first-order valence-electron chi connectivity index (χ1n) is 8.23. The molecule has 126 valence electrons. The van der Waals surface area contributed by atoms with E-state index in [1.54, 1.807) is 0 Å². The summed E-state index contributed by atoms with van der Waals surface area (Å²) in [7, 11) is 0. The van der Waals surface area contributed by atoms with Gasteiger partial charge < -0.3 is 20.7 Å². The lowest BCUT2D eigenvalue weighted by atomic mass is 9.89. The largest absolute Gasteiger partial charge is 0.491 e. The van der Waals surface area contributed by atoms with Crippen molar-refractivity contribution in [2.45, 2.75) is 58.2 Å². The number of hydrogen-bond donors (Lipinski definition) is 3. The molecule has 4 nitrogen and oxygen atoms in total. The number of rotatable bonds is 10. The molecule has 0 aliphatic carbocycles. The highest BCUT2D eigenvalue weighted by atomic mass is 16.5. The van der Waals surface area contributed by atoms with Crippen LogP contribution in [0.15, 0.2) is 24.3 Å². The zero-order chi connectivity index (χ0) is 16.6. The molecule has 0 fully saturated rings. The van der Waals surface area contributed by atoms with E-state index in [1.165, 1.54) is 0 Å². The molecule has 0 aliphatic rings. The highest BCUT2D eigenvalue weighted by molar-refractivity contribution is 5.30. The molecule has 0 saturated carbocycles. The zero-order valence-corrected chi connectivity index (χ0v) is 14.1. The fraction of sp³-hybridized carbons (Fsp3) is 0.667. The lowest BCUT2D eigenvalue weighted by molar-refractivity contribution is -0.0287. The van der Waals surface area contributed by atoms with E-state index in [2.05, 4.69) is 20.8 Å². The van der Waals surface area contributed by atoms with Gasteiger partial charge in [-0.2, -0.15) is 0 Å². The van der Waals surface area contributed by atoms with Crippen LogP contribution in [0.1, 0.15) is 58.1 Å². The maximum absolute atomic E-state index is 10.7. The Hall–Kier alpha value is -1.10. The monoisotopic (exact) mass is 309 g/mol. The van der Waals surface area contributed by atoms with Gasteiger partial charge in [-0.1, -0.05) is 39.3 Å². The van der Waals surface area contributed by atoms with Crippen LogP contribution >= 0.6 is 0 Å². The fourth-order valence-corrected chi connectivity index (χ4v) is 2.81. The van der Waals surface area contributed by atoms with Gasteiger partial charge in [-0.15, -0.1) is 0 Å². The van der Waals surface area contributed by atoms with Crippen LogP contribution in [0.25, 0.3) is 0 Å². The molecule has 2 unspecified atom stereocenters. The van der Waals surface area contributed by atoms with Crippen molar-refractivity contribution in [2.75, 3.05) is 13.2 Å². The normalized spacial score (nSPS) is 15.6. The van der Waals surface area contributed by atoms with E-state index in [9.17, 15) is 10.2 Å². The minimum absolute atomic E-state index is 0.273. The van der Waals surface area contributed by atoms with Gasteiger partial charge in [0.15, 0.2) is 0 Å². The lowest BCUT2D eigenvalue weighted by Crippen LogP contribution is -2.37. The molecule has 1 aromatic carbocycles. The van der Waals surface area contributed by atoms with E-state index in [0.717, 1.165) is 24.8 Å². The van der Waals surface area contributed by atoms with Gasteiger partial charge in [0.2, 0.25) is 0 Å². The molecule has 0 spiro atoms. The highest BCUT2D eigenvalue weighted by Crippen LogP contribution is 2.26. The van der Waals surface area contributed by atoms with Crippen LogP contribution in [0.4, 0.5) is 0 Å². The summed E-state index contributed by atoms with van der Waals surface area (Å²) in [6, 6.07) is 7.38. The molecule has 0 radical (unpaired) electrons. The molecule has 22 heavy (non-hydrogen) atoms. The second kappa shape index (κ2) is 9.13. The summed E-state index contributed by atoms with van der Waals surface area (Å²) >= 11 is 0. The van der Waals surface area contributed by atoms with Gasteiger partial charge >= 0.3 is 0 Å². The molecule has 0 aromatic heterocycles. The van der Waals surface area contributed by atoms with E-state index >= 15 is 0 Å². The number of aliphatic hydroxyl groups excluding tert-OH is 1. The van der Waals surface area contributed by atoms with Crippen molar-refractivity contribution in [3.63, 3.8) is 0 Å². The molecule has 0 heterocycles. The summed E-state index contributed by atoms with van der Waals surface area (Å²) in [5.41, 5.74) is 5.48. The molecule has 0 amide bonds. The van der Waals surface area contributed by atoms with Crippen LogP contribution in [-0.2, 0) is 0 Å². The van der Waals surface area contributed by atoms with Crippen molar-refractivity contribution < 1.29 is 14.9 Å². The predicted octanol–water partition coefficient (Wildman–Crippen LogP) is 3.02. The van der Waals surface area contributed by atoms with Gasteiger partial charge in [-0.3, -0.25) is 0 Å². The lowest BCUT2D eigenvalue weighted by Gasteiger charge is -2.29. The van der Waals surface area contributed by atoms with E-state index in [1.807, 2.05) is 24.3 Å². The molecule has 1 aromatic rings. The Bertz CT molecular complexity index is 436. The van der Waals surface area contributed by atoms with Gasteiger partial charge in [0.25, 0.3) is 0 Å². The Morgan fingerprint density at radius 2 is 2.05 bits per heavy atom. The maximum atomic E-state index is 10.7. The molecular formula is C18H31NO3. The maximum Gasteiger partial charge on any atom is 0.119 e. The van der Waals surface area contributed by atoms with E-state index in [0.29, 0.717) is 24.6 Å². The van der Waals surface area contributed by atoms with Crippen LogP contribution in [-0.4, -0.2) is 29.0 Å². The molecule has 4 heteroatoms. The average Bonchev–Trinajstić information content (AvgIpc) is 2.45. The summed E-state index contributed by atoms with van der Waals surface area (Å²) in [4.78, 5) is 0.